The van der Waals surface area contributed by atoms with Gasteiger partial charge in [-0.25, -0.2) is 0 Å². The normalized spacial score (nSPS) is 19.1. The first-order valence-corrected chi connectivity index (χ1v) is 8.59. The Labute approximate surface area is 146 Å². The van der Waals surface area contributed by atoms with Crippen LogP contribution in [0.4, 0.5) is 5.69 Å². The van der Waals surface area contributed by atoms with Crippen molar-refractivity contribution in [1.82, 2.24) is 24.9 Å². The molecule has 8 nitrogen and oxygen atoms in total. The number of aromatic nitrogens is 3. The summed E-state index contributed by atoms with van der Waals surface area (Å²) < 4.78 is 5.39. The van der Waals surface area contributed by atoms with E-state index in [1.54, 1.807) is 18.0 Å². The molecule has 0 saturated carbocycles. The Bertz CT molecular complexity index is 762. The Morgan fingerprint density at radius 2 is 2.00 bits per heavy atom. The van der Waals surface area contributed by atoms with Gasteiger partial charge in [0.15, 0.2) is 0 Å². The molecule has 2 aliphatic rings. The van der Waals surface area contributed by atoms with E-state index >= 15 is 0 Å². The second-order valence-corrected chi connectivity index (χ2v) is 6.77. The topological polar surface area (TPSA) is 78.6 Å². The van der Waals surface area contributed by atoms with Gasteiger partial charge in [-0.15, -0.1) is 0 Å². The highest BCUT2D eigenvalue weighted by molar-refractivity contribution is 5.74. The Hall–Kier alpha value is -2.48. The van der Waals surface area contributed by atoms with E-state index in [-0.39, 0.29) is 11.8 Å². The molecule has 0 radical (unpaired) electrons. The van der Waals surface area contributed by atoms with Gasteiger partial charge in [-0.1, -0.05) is 5.16 Å². The molecular weight excluding hydrogens is 320 g/mol. The number of carbonyl (C=O) groups excluding carboxylic acids is 1. The van der Waals surface area contributed by atoms with Crippen molar-refractivity contribution >= 4 is 11.6 Å². The van der Waals surface area contributed by atoms with Gasteiger partial charge in [0.1, 0.15) is 5.69 Å². The molecule has 0 aromatic carbocycles. The minimum atomic E-state index is 0.0810. The molecule has 8 heteroatoms. The SMILES string of the molecule is CC(=O)N1CC(c2nc(-c3cc(N4CCN(C)CC4)ccn3)no2)C1. The van der Waals surface area contributed by atoms with E-state index in [4.69, 9.17) is 4.52 Å². The van der Waals surface area contributed by atoms with Crippen molar-refractivity contribution in [3.63, 3.8) is 0 Å². The number of likely N-dealkylation sites (N-methyl/N-ethyl adjacent to an activating group) is 1. The van der Waals surface area contributed by atoms with Gasteiger partial charge in [-0.05, 0) is 19.2 Å². The zero-order valence-electron chi connectivity index (χ0n) is 14.6. The molecule has 2 aromatic rings. The monoisotopic (exact) mass is 342 g/mol. The van der Waals surface area contributed by atoms with Gasteiger partial charge in [-0.3, -0.25) is 9.78 Å². The third-order valence-corrected chi connectivity index (χ3v) is 4.96. The molecule has 0 atom stereocenters. The molecule has 2 aromatic heterocycles. The van der Waals surface area contributed by atoms with Gasteiger partial charge >= 0.3 is 0 Å². The predicted molar refractivity (Wildman–Crippen MR) is 92.2 cm³/mol. The van der Waals surface area contributed by atoms with Crippen molar-refractivity contribution in [2.45, 2.75) is 12.8 Å². The van der Waals surface area contributed by atoms with Gasteiger partial charge < -0.3 is 19.2 Å². The summed E-state index contributed by atoms with van der Waals surface area (Å²) in [5, 5.41) is 4.08. The number of pyridine rings is 1. The molecule has 0 aliphatic carbocycles. The van der Waals surface area contributed by atoms with Gasteiger partial charge in [0.05, 0.1) is 5.92 Å². The highest BCUT2D eigenvalue weighted by Gasteiger charge is 2.34. The molecule has 1 amide bonds. The number of hydrogen-bond donors (Lipinski definition) is 0. The maximum absolute atomic E-state index is 11.3. The molecule has 2 fully saturated rings. The molecule has 132 valence electrons. The van der Waals surface area contributed by atoms with Crippen LogP contribution in [0.2, 0.25) is 0 Å². The van der Waals surface area contributed by atoms with Crippen LogP contribution in [0.5, 0.6) is 0 Å². The Kier molecular flexibility index (Phi) is 4.12. The maximum Gasteiger partial charge on any atom is 0.233 e. The molecule has 2 aliphatic heterocycles. The van der Waals surface area contributed by atoms with Crippen LogP contribution in [0.25, 0.3) is 11.5 Å². The summed E-state index contributed by atoms with van der Waals surface area (Å²) in [5.41, 5.74) is 1.85. The van der Waals surface area contributed by atoms with E-state index in [9.17, 15) is 4.79 Å². The van der Waals surface area contributed by atoms with Gasteiger partial charge in [0.25, 0.3) is 0 Å². The maximum atomic E-state index is 11.3. The number of likely N-dealkylation sites (tertiary alicyclic amines) is 1. The summed E-state index contributed by atoms with van der Waals surface area (Å²) in [5.74, 6) is 1.30. The molecule has 25 heavy (non-hydrogen) atoms. The van der Waals surface area contributed by atoms with Gasteiger partial charge in [-0.2, -0.15) is 4.98 Å². The van der Waals surface area contributed by atoms with Gasteiger partial charge in [0.2, 0.25) is 17.6 Å². The number of hydrogen-bond acceptors (Lipinski definition) is 7. The first kappa shape index (κ1) is 16.0. The summed E-state index contributed by atoms with van der Waals surface area (Å²) in [6, 6.07) is 4.04. The number of carbonyl (C=O) groups is 1. The molecule has 0 bridgehead atoms. The Morgan fingerprint density at radius 3 is 2.72 bits per heavy atom. The number of amides is 1. The van der Waals surface area contributed by atoms with Crippen LogP contribution in [-0.4, -0.2) is 77.1 Å². The molecule has 0 spiro atoms. The third-order valence-electron chi connectivity index (χ3n) is 4.96. The van der Waals surface area contributed by atoms with Crippen molar-refractivity contribution in [2.24, 2.45) is 0 Å². The fourth-order valence-corrected chi connectivity index (χ4v) is 3.20. The first-order chi connectivity index (χ1) is 12.1. The van der Waals surface area contributed by atoms with E-state index in [0.29, 0.717) is 30.5 Å². The average Bonchev–Trinajstić information content (AvgIpc) is 3.03. The zero-order valence-corrected chi connectivity index (χ0v) is 14.6. The quantitative estimate of drug-likeness (QED) is 0.817. The van der Waals surface area contributed by atoms with Crippen molar-refractivity contribution in [2.75, 3.05) is 51.2 Å². The van der Waals surface area contributed by atoms with Crippen molar-refractivity contribution in [3.8, 4) is 11.5 Å². The van der Waals surface area contributed by atoms with E-state index in [1.807, 2.05) is 12.1 Å². The lowest BCUT2D eigenvalue weighted by molar-refractivity contribution is -0.133. The molecule has 4 heterocycles. The van der Waals surface area contributed by atoms with E-state index in [1.165, 1.54) is 0 Å². The summed E-state index contributed by atoms with van der Waals surface area (Å²) in [7, 11) is 2.14. The van der Waals surface area contributed by atoms with Crippen molar-refractivity contribution < 1.29 is 9.32 Å². The zero-order chi connectivity index (χ0) is 17.4. The first-order valence-electron chi connectivity index (χ1n) is 8.59. The Morgan fingerprint density at radius 1 is 1.24 bits per heavy atom. The smallest absolute Gasteiger partial charge is 0.233 e. The minimum absolute atomic E-state index is 0.0810. The van der Waals surface area contributed by atoms with E-state index in [0.717, 1.165) is 31.9 Å². The molecule has 4 rings (SSSR count). The summed E-state index contributed by atoms with van der Waals surface area (Å²) >= 11 is 0. The molecule has 2 saturated heterocycles. The predicted octanol–water partition coefficient (Wildman–Crippen LogP) is 0.829. The number of piperazine rings is 1. The van der Waals surface area contributed by atoms with E-state index in [2.05, 4.69) is 32.0 Å². The summed E-state index contributed by atoms with van der Waals surface area (Å²) in [6.07, 6.45) is 1.79. The fraction of sp³-hybridized carbons (Fsp3) is 0.529. The van der Waals surface area contributed by atoms with Crippen molar-refractivity contribution in [3.05, 3.63) is 24.2 Å². The lowest BCUT2D eigenvalue weighted by atomic mass is 10.0. The molecule has 0 unspecified atom stereocenters. The second-order valence-electron chi connectivity index (χ2n) is 6.77. The third kappa shape index (κ3) is 3.21. The highest BCUT2D eigenvalue weighted by atomic mass is 16.5. The average molecular weight is 342 g/mol. The van der Waals surface area contributed by atoms with Crippen LogP contribution in [0, 0.1) is 0 Å². The lowest BCUT2D eigenvalue weighted by Crippen LogP contribution is -2.47. The second kappa shape index (κ2) is 6.44. The lowest BCUT2D eigenvalue weighted by Gasteiger charge is -2.36. The molecular formula is C17H22N6O2. The largest absolute Gasteiger partial charge is 0.369 e. The van der Waals surface area contributed by atoms with Crippen molar-refractivity contribution in [1.29, 1.82) is 0 Å². The van der Waals surface area contributed by atoms with Crippen LogP contribution < -0.4 is 4.90 Å². The highest BCUT2D eigenvalue weighted by Crippen LogP contribution is 2.28. The Balaban J connectivity index is 1.47. The van der Waals surface area contributed by atoms with Crippen LogP contribution in [-0.2, 0) is 4.79 Å². The summed E-state index contributed by atoms with van der Waals surface area (Å²) in [4.78, 5) is 26.6. The van der Waals surface area contributed by atoms with E-state index < -0.39 is 0 Å². The van der Waals surface area contributed by atoms with Crippen LogP contribution in [0.3, 0.4) is 0 Å². The minimum Gasteiger partial charge on any atom is -0.369 e. The molecule has 0 N–H and O–H groups in total. The van der Waals surface area contributed by atoms with Crippen LogP contribution in [0.15, 0.2) is 22.9 Å². The van der Waals surface area contributed by atoms with Crippen LogP contribution in [0.1, 0.15) is 18.7 Å². The fourth-order valence-electron chi connectivity index (χ4n) is 3.20. The standard InChI is InChI=1S/C17H22N6O2/c1-12(24)23-10-13(11-23)17-19-16(20-25-17)15-9-14(3-4-18-15)22-7-5-21(2)6-8-22/h3-4,9,13H,5-8,10-11H2,1-2H3. The summed E-state index contributed by atoms with van der Waals surface area (Å²) in [6.45, 7) is 6.97. The van der Waals surface area contributed by atoms with Crippen LogP contribution >= 0.6 is 0 Å². The number of rotatable bonds is 3. The van der Waals surface area contributed by atoms with Gasteiger partial charge in [0, 0.05) is 58.1 Å². The number of anilines is 1. The number of nitrogens with zero attached hydrogens (tertiary/aromatic N) is 6.